The number of carbonyl (C=O) groups excluding carboxylic acids is 2. The molecule has 2 bridgehead atoms. The van der Waals surface area contributed by atoms with Gasteiger partial charge in [-0.3, -0.25) is 9.59 Å². The van der Waals surface area contributed by atoms with E-state index >= 15 is 0 Å². The van der Waals surface area contributed by atoms with Crippen molar-refractivity contribution in [3.8, 4) is 12.3 Å². The van der Waals surface area contributed by atoms with Crippen molar-refractivity contribution in [2.75, 3.05) is 6.61 Å². The maximum Gasteiger partial charge on any atom is 0.311 e. The summed E-state index contributed by atoms with van der Waals surface area (Å²) in [7, 11) is 0. The van der Waals surface area contributed by atoms with E-state index < -0.39 is 29.4 Å². The SMILES string of the molecule is C#CC(C)(C)OC(=O)[C@H]1[C@H](C(=O)OCC(=C)Cl)[C@H]2C=C[C@@H]1C2. The van der Waals surface area contributed by atoms with Gasteiger partial charge in [0.15, 0.2) is 5.60 Å². The van der Waals surface area contributed by atoms with Crippen LogP contribution in [0.25, 0.3) is 0 Å². The predicted molar refractivity (Wildman–Crippen MR) is 82.7 cm³/mol. The monoisotopic (exact) mass is 322 g/mol. The highest BCUT2D eigenvalue weighted by molar-refractivity contribution is 6.29. The smallest absolute Gasteiger partial charge is 0.311 e. The summed E-state index contributed by atoms with van der Waals surface area (Å²) in [5, 5.41) is 0.236. The van der Waals surface area contributed by atoms with Crippen LogP contribution in [0.2, 0.25) is 0 Å². The molecule has 0 N–H and O–H groups in total. The lowest BCUT2D eigenvalue weighted by molar-refractivity contribution is -0.166. The average molecular weight is 323 g/mol. The summed E-state index contributed by atoms with van der Waals surface area (Å²) in [5.41, 5.74) is -0.999. The summed E-state index contributed by atoms with van der Waals surface area (Å²) in [5.74, 6) is 0.396. The minimum Gasteiger partial charge on any atom is -0.460 e. The van der Waals surface area contributed by atoms with E-state index in [4.69, 9.17) is 27.5 Å². The summed E-state index contributed by atoms with van der Waals surface area (Å²) in [6.07, 6.45) is 10.0. The fourth-order valence-corrected chi connectivity index (χ4v) is 3.11. The third-order valence-corrected chi connectivity index (χ3v) is 4.19. The summed E-state index contributed by atoms with van der Waals surface area (Å²) < 4.78 is 10.5. The molecule has 118 valence electrons. The lowest BCUT2D eigenvalue weighted by Gasteiger charge is -2.28. The topological polar surface area (TPSA) is 52.6 Å². The molecule has 0 aromatic rings. The molecule has 5 heteroatoms. The van der Waals surface area contributed by atoms with Crippen LogP contribution in [-0.4, -0.2) is 24.1 Å². The highest BCUT2D eigenvalue weighted by Crippen LogP contribution is 2.49. The number of carbonyl (C=O) groups is 2. The van der Waals surface area contributed by atoms with Crippen LogP contribution >= 0.6 is 11.6 Å². The van der Waals surface area contributed by atoms with E-state index in [1.54, 1.807) is 13.8 Å². The molecule has 0 unspecified atom stereocenters. The predicted octanol–water partition coefficient (Wildman–Crippen LogP) is 2.68. The van der Waals surface area contributed by atoms with Gasteiger partial charge in [-0.2, -0.15) is 0 Å². The molecular formula is C17H19ClO4. The Bertz CT molecular complexity index is 570. The van der Waals surface area contributed by atoms with Crippen LogP contribution in [0, 0.1) is 36.0 Å². The number of ether oxygens (including phenoxy) is 2. The Kier molecular flexibility index (Phi) is 4.67. The van der Waals surface area contributed by atoms with Gasteiger partial charge in [-0.05, 0) is 32.1 Å². The van der Waals surface area contributed by atoms with E-state index in [-0.39, 0.29) is 23.5 Å². The third-order valence-electron chi connectivity index (χ3n) is 4.08. The Morgan fingerprint density at radius 1 is 1.32 bits per heavy atom. The van der Waals surface area contributed by atoms with Gasteiger partial charge in [-0.25, -0.2) is 0 Å². The number of fused-ring (bicyclic) bond motifs is 2. The molecule has 4 atom stereocenters. The van der Waals surface area contributed by atoms with E-state index in [0.29, 0.717) is 0 Å². The molecule has 0 heterocycles. The Morgan fingerprint density at radius 3 is 2.36 bits per heavy atom. The van der Waals surface area contributed by atoms with Crippen molar-refractivity contribution in [1.29, 1.82) is 0 Å². The minimum absolute atomic E-state index is 0.00686. The van der Waals surface area contributed by atoms with Crippen LogP contribution in [0.15, 0.2) is 23.8 Å². The molecule has 0 amide bonds. The fourth-order valence-electron chi connectivity index (χ4n) is 3.06. The first-order chi connectivity index (χ1) is 10.2. The molecule has 2 aliphatic rings. The highest BCUT2D eigenvalue weighted by atomic mass is 35.5. The van der Waals surface area contributed by atoms with Crippen molar-refractivity contribution >= 4 is 23.5 Å². The molecule has 0 saturated heterocycles. The molecule has 2 aliphatic carbocycles. The van der Waals surface area contributed by atoms with Crippen LogP contribution in [0.1, 0.15) is 20.3 Å². The molecular weight excluding hydrogens is 304 g/mol. The Hall–Kier alpha value is -1.73. The van der Waals surface area contributed by atoms with Crippen molar-refractivity contribution in [2.24, 2.45) is 23.7 Å². The van der Waals surface area contributed by atoms with Gasteiger partial charge in [0.25, 0.3) is 0 Å². The van der Waals surface area contributed by atoms with Crippen molar-refractivity contribution < 1.29 is 19.1 Å². The van der Waals surface area contributed by atoms with Gasteiger partial charge in [0.05, 0.1) is 11.8 Å². The van der Waals surface area contributed by atoms with Crippen molar-refractivity contribution in [3.63, 3.8) is 0 Å². The average Bonchev–Trinajstić information content (AvgIpc) is 3.04. The van der Waals surface area contributed by atoms with E-state index in [0.717, 1.165) is 6.42 Å². The second kappa shape index (κ2) is 6.18. The van der Waals surface area contributed by atoms with Crippen LogP contribution in [0.5, 0.6) is 0 Å². The van der Waals surface area contributed by atoms with Gasteiger partial charge in [-0.1, -0.05) is 36.3 Å². The van der Waals surface area contributed by atoms with Crippen LogP contribution in [0.4, 0.5) is 0 Å². The van der Waals surface area contributed by atoms with Crippen LogP contribution in [0.3, 0.4) is 0 Å². The maximum atomic E-state index is 12.5. The number of hydrogen-bond donors (Lipinski definition) is 0. The third kappa shape index (κ3) is 3.36. The molecule has 0 radical (unpaired) electrons. The molecule has 0 spiro atoms. The normalized spacial score (nSPS) is 29.0. The standard InChI is InChI=1S/C17H19ClO4/c1-5-17(3,4)22-16(20)14-12-7-6-11(8-12)13(14)15(19)21-9-10(2)18/h1,6-7,11-14H,2,8-9H2,3-4H3/t11-,12+,13+,14+/m0/s1. The number of terminal acetylenes is 1. The molecule has 1 fully saturated rings. The van der Waals surface area contributed by atoms with Gasteiger partial charge in [-0.15, -0.1) is 6.42 Å². The Balaban J connectivity index is 2.13. The number of rotatable bonds is 5. The highest BCUT2D eigenvalue weighted by Gasteiger charge is 2.53. The zero-order valence-electron chi connectivity index (χ0n) is 12.7. The van der Waals surface area contributed by atoms with Crippen LogP contribution < -0.4 is 0 Å². The van der Waals surface area contributed by atoms with Crippen LogP contribution in [-0.2, 0) is 19.1 Å². The van der Waals surface area contributed by atoms with E-state index in [9.17, 15) is 9.59 Å². The molecule has 22 heavy (non-hydrogen) atoms. The van der Waals surface area contributed by atoms with Gasteiger partial charge in [0, 0.05) is 5.03 Å². The Labute approximate surface area is 135 Å². The molecule has 0 aromatic heterocycles. The summed E-state index contributed by atoms with van der Waals surface area (Å²) in [6, 6.07) is 0. The first-order valence-corrected chi connectivity index (χ1v) is 7.52. The molecule has 2 rings (SSSR count). The number of halogens is 1. The molecule has 0 aliphatic heterocycles. The van der Waals surface area contributed by atoms with Gasteiger partial charge >= 0.3 is 11.9 Å². The van der Waals surface area contributed by atoms with Gasteiger partial charge < -0.3 is 9.47 Å². The fraction of sp³-hybridized carbons (Fsp3) is 0.529. The second-order valence-electron chi connectivity index (χ2n) is 6.20. The van der Waals surface area contributed by atoms with Crippen molar-refractivity contribution in [3.05, 3.63) is 23.8 Å². The second-order valence-corrected chi connectivity index (χ2v) is 6.74. The molecule has 1 saturated carbocycles. The van der Waals surface area contributed by atoms with E-state index in [1.807, 2.05) is 12.2 Å². The first kappa shape index (κ1) is 16.6. The molecule has 0 aromatic carbocycles. The van der Waals surface area contributed by atoms with Gasteiger partial charge in [0.1, 0.15) is 6.61 Å². The summed E-state index contributed by atoms with van der Waals surface area (Å²) >= 11 is 5.61. The summed E-state index contributed by atoms with van der Waals surface area (Å²) in [6.45, 7) is 6.69. The molecule has 4 nitrogen and oxygen atoms in total. The zero-order chi connectivity index (χ0) is 16.5. The lowest BCUT2D eigenvalue weighted by atomic mass is 9.83. The van der Waals surface area contributed by atoms with E-state index in [1.165, 1.54) is 0 Å². The first-order valence-electron chi connectivity index (χ1n) is 7.14. The quantitative estimate of drug-likeness (QED) is 0.443. The zero-order valence-corrected chi connectivity index (χ0v) is 13.4. The van der Waals surface area contributed by atoms with Gasteiger partial charge in [0.2, 0.25) is 0 Å². The van der Waals surface area contributed by atoms with Crippen molar-refractivity contribution in [2.45, 2.75) is 25.9 Å². The number of hydrogen-bond acceptors (Lipinski definition) is 4. The lowest BCUT2D eigenvalue weighted by Crippen LogP contribution is -2.39. The number of esters is 2. The Morgan fingerprint density at radius 2 is 1.86 bits per heavy atom. The summed E-state index contributed by atoms with van der Waals surface area (Å²) in [4.78, 5) is 24.7. The van der Waals surface area contributed by atoms with E-state index in [2.05, 4.69) is 12.5 Å². The minimum atomic E-state index is -0.999. The van der Waals surface area contributed by atoms with Crippen molar-refractivity contribution in [1.82, 2.24) is 0 Å². The number of allylic oxidation sites excluding steroid dienone is 2. The largest absolute Gasteiger partial charge is 0.460 e. The maximum absolute atomic E-state index is 12.5.